The van der Waals surface area contributed by atoms with Gasteiger partial charge in [-0.15, -0.1) is 0 Å². The van der Waals surface area contributed by atoms with Gasteiger partial charge in [0.05, 0.1) is 13.1 Å². The summed E-state index contributed by atoms with van der Waals surface area (Å²) in [7, 11) is 0. The Bertz CT molecular complexity index is 250. The second kappa shape index (κ2) is 8.74. The summed E-state index contributed by atoms with van der Waals surface area (Å²) in [6, 6.07) is 0. The zero-order chi connectivity index (χ0) is 10.2. The average molecular weight is 233 g/mol. The van der Waals surface area contributed by atoms with E-state index >= 15 is 0 Å². The summed E-state index contributed by atoms with van der Waals surface area (Å²) in [5.41, 5.74) is 0. The van der Waals surface area contributed by atoms with Crippen molar-refractivity contribution >= 4 is 0 Å². The summed E-state index contributed by atoms with van der Waals surface area (Å²) in [4.78, 5) is 0. The minimum absolute atomic E-state index is 0. The monoisotopic (exact) mass is 232 g/mol. The van der Waals surface area contributed by atoms with Crippen LogP contribution in [-0.2, 0) is 13.1 Å². The van der Waals surface area contributed by atoms with Crippen LogP contribution < -0.4 is 17.0 Å². The van der Waals surface area contributed by atoms with Crippen molar-refractivity contribution in [2.24, 2.45) is 0 Å². The lowest BCUT2D eigenvalue weighted by atomic mass is 10.2. The maximum atomic E-state index is 8.61. The summed E-state index contributed by atoms with van der Waals surface area (Å²) in [6.45, 7) is 4.61. The van der Waals surface area contributed by atoms with Crippen molar-refractivity contribution in [2.45, 2.75) is 45.7 Å². The fourth-order valence-corrected chi connectivity index (χ4v) is 1.52. The van der Waals surface area contributed by atoms with Crippen LogP contribution in [0, 0.1) is 0 Å². The number of hydrogen-bond donors (Lipinski definition) is 1. The Morgan fingerprint density at radius 3 is 2.53 bits per heavy atom. The molecule has 0 aliphatic rings. The number of halogens is 1. The highest BCUT2D eigenvalue weighted by Crippen LogP contribution is 1.98. The largest absolute Gasteiger partial charge is 1.00 e. The third kappa shape index (κ3) is 5.80. The standard InChI is InChI=1S/C11H21N2O.ClH/c1-2-12-8-9-13(11-12)7-5-3-4-6-10-14;/h8-9,11,14H,2-7,10H2,1H3;1H/q+1;/p-1. The first-order chi connectivity index (χ1) is 6.86. The van der Waals surface area contributed by atoms with Crippen LogP contribution >= 0.6 is 0 Å². The van der Waals surface area contributed by atoms with Crippen LogP contribution in [0.25, 0.3) is 0 Å². The number of aliphatic hydroxyl groups excluding tert-OH is 1. The lowest BCUT2D eigenvalue weighted by Gasteiger charge is -1.97. The Balaban J connectivity index is 0.00000196. The molecule has 0 saturated carbocycles. The average Bonchev–Trinajstić information content (AvgIpc) is 2.65. The number of imidazole rings is 1. The summed E-state index contributed by atoms with van der Waals surface area (Å²) in [5, 5.41) is 8.61. The molecular weight excluding hydrogens is 212 g/mol. The van der Waals surface area contributed by atoms with Gasteiger partial charge in [-0.1, -0.05) is 6.42 Å². The summed E-state index contributed by atoms with van der Waals surface area (Å²) < 4.78 is 4.40. The first kappa shape index (κ1) is 14.5. The number of aliphatic hydroxyl groups is 1. The number of aromatic nitrogens is 2. The molecule has 0 aliphatic carbocycles. The summed E-state index contributed by atoms with van der Waals surface area (Å²) in [5.74, 6) is 0. The van der Waals surface area contributed by atoms with Gasteiger partial charge in [0.2, 0.25) is 6.33 Å². The van der Waals surface area contributed by atoms with Crippen molar-refractivity contribution in [3.05, 3.63) is 18.7 Å². The van der Waals surface area contributed by atoms with E-state index in [0.717, 1.165) is 25.9 Å². The lowest BCUT2D eigenvalue weighted by Crippen LogP contribution is -3.00. The van der Waals surface area contributed by atoms with Gasteiger partial charge in [-0.3, -0.25) is 0 Å². The SMILES string of the molecule is CCn1cc[n+](CCCCCCO)c1.[Cl-]. The molecule has 4 heteroatoms. The van der Waals surface area contributed by atoms with E-state index in [1.807, 2.05) is 0 Å². The second-order valence-corrected chi connectivity index (χ2v) is 3.62. The molecule has 3 nitrogen and oxygen atoms in total. The topological polar surface area (TPSA) is 29.0 Å². The Morgan fingerprint density at radius 2 is 1.93 bits per heavy atom. The Morgan fingerprint density at radius 1 is 1.20 bits per heavy atom. The van der Waals surface area contributed by atoms with Gasteiger partial charge in [-0.05, 0) is 26.2 Å². The van der Waals surface area contributed by atoms with Crippen molar-refractivity contribution in [1.29, 1.82) is 0 Å². The van der Waals surface area contributed by atoms with Crippen LogP contribution in [0.5, 0.6) is 0 Å². The highest BCUT2D eigenvalue weighted by molar-refractivity contribution is 4.64. The molecule has 1 aromatic heterocycles. The normalized spacial score (nSPS) is 10.0. The van der Waals surface area contributed by atoms with Crippen LogP contribution in [0.15, 0.2) is 18.7 Å². The van der Waals surface area contributed by atoms with Gasteiger partial charge in [0.1, 0.15) is 12.4 Å². The fraction of sp³-hybridized carbons (Fsp3) is 0.727. The molecule has 0 spiro atoms. The maximum absolute atomic E-state index is 8.61. The highest BCUT2D eigenvalue weighted by atomic mass is 35.5. The zero-order valence-corrected chi connectivity index (χ0v) is 10.2. The highest BCUT2D eigenvalue weighted by Gasteiger charge is 2.00. The van der Waals surface area contributed by atoms with Crippen LogP contribution in [0.2, 0.25) is 0 Å². The minimum atomic E-state index is 0. The number of nitrogens with zero attached hydrogens (tertiary/aromatic N) is 2. The second-order valence-electron chi connectivity index (χ2n) is 3.62. The predicted octanol–water partition coefficient (Wildman–Crippen LogP) is -1.65. The molecule has 88 valence electrons. The number of aryl methyl sites for hydroxylation is 2. The number of hydrogen-bond acceptors (Lipinski definition) is 1. The molecule has 0 radical (unpaired) electrons. The lowest BCUT2D eigenvalue weighted by molar-refractivity contribution is -0.696. The Labute approximate surface area is 98.1 Å². The van der Waals surface area contributed by atoms with Crippen LogP contribution in [0.4, 0.5) is 0 Å². The molecule has 1 rings (SSSR count). The van der Waals surface area contributed by atoms with E-state index in [-0.39, 0.29) is 12.4 Å². The van der Waals surface area contributed by atoms with E-state index in [4.69, 9.17) is 5.11 Å². The van der Waals surface area contributed by atoms with E-state index in [9.17, 15) is 0 Å². The van der Waals surface area contributed by atoms with Gasteiger partial charge in [0.25, 0.3) is 0 Å². The summed E-state index contributed by atoms with van der Waals surface area (Å²) >= 11 is 0. The first-order valence-corrected chi connectivity index (χ1v) is 5.52. The number of rotatable bonds is 7. The van der Waals surface area contributed by atoms with E-state index in [2.05, 4.69) is 34.8 Å². The smallest absolute Gasteiger partial charge is 0.243 e. The van der Waals surface area contributed by atoms with Crippen LogP contribution in [0.3, 0.4) is 0 Å². The molecule has 0 saturated heterocycles. The molecule has 0 aromatic carbocycles. The van der Waals surface area contributed by atoms with Gasteiger partial charge in [-0.2, -0.15) is 0 Å². The van der Waals surface area contributed by atoms with E-state index < -0.39 is 0 Å². The Hall–Kier alpha value is -0.540. The van der Waals surface area contributed by atoms with Crippen molar-refractivity contribution in [3.63, 3.8) is 0 Å². The van der Waals surface area contributed by atoms with Gasteiger partial charge in [0.15, 0.2) is 0 Å². The van der Waals surface area contributed by atoms with Crippen molar-refractivity contribution in [1.82, 2.24) is 4.57 Å². The molecule has 0 aliphatic heterocycles. The van der Waals surface area contributed by atoms with Crippen molar-refractivity contribution in [2.75, 3.05) is 6.61 Å². The van der Waals surface area contributed by atoms with Crippen LogP contribution in [-0.4, -0.2) is 16.3 Å². The molecule has 0 unspecified atom stereocenters. The van der Waals surface area contributed by atoms with Crippen molar-refractivity contribution in [3.8, 4) is 0 Å². The zero-order valence-electron chi connectivity index (χ0n) is 9.40. The van der Waals surface area contributed by atoms with Gasteiger partial charge < -0.3 is 17.5 Å². The van der Waals surface area contributed by atoms with Crippen molar-refractivity contribution < 1.29 is 22.1 Å². The van der Waals surface area contributed by atoms with Gasteiger partial charge >= 0.3 is 0 Å². The van der Waals surface area contributed by atoms with E-state index in [1.165, 1.54) is 12.8 Å². The molecule has 0 fully saturated rings. The predicted molar refractivity (Wildman–Crippen MR) is 55.9 cm³/mol. The fourth-order valence-electron chi connectivity index (χ4n) is 1.52. The molecule has 0 atom stereocenters. The Kier molecular flexibility index (Phi) is 8.43. The molecule has 1 aromatic rings. The van der Waals surface area contributed by atoms with Gasteiger partial charge in [-0.25, -0.2) is 9.13 Å². The minimum Gasteiger partial charge on any atom is -1.00 e. The van der Waals surface area contributed by atoms with E-state index in [1.54, 1.807) is 0 Å². The molecule has 1 N–H and O–H groups in total. The molecule has 15 heavy (non-hydrogen) atoms. The van der Waals surface area contributed by atoms with Gasteiger partial charge in [0, 0.05) is 6.61 Å². The van der Waals surface area contributed by atoms with E-state index in [0.29, 0.717) is 6.61 Å². The summed E-state index contributed by atoms with van der Waals surface area (Å²) in [6.07, 6.45) is 10.9. The molecular formula is C11H21ClN2O. The molecule has 1 heterocycles. The molecule has 0 amide bonds. The number of unbranched alkanes of at least 4 members (excludes halogenated alkanes) is 3. The maximum Gasteiger partial charge on any atom is 0.243 e. The molecule has 0 bridgehead atoms. The van der Waals surface area contributed by atoms with Crippen LogP contribution in [0.1, 0.15) is 32.6 Å². The third-order valence-corrected chi connectivity index (χ3v) is 2.44. The quantitative estimate of drug-likeness (QED) is 0.443. The third-order valence-electron chi connectivity index (χ3n) is 2.44. The first-order valence-electron chi connectivity index (χ1n) is 5.52.